The van der Waals surface area contributed by atoms with Gasteiger partial charge in [0.05, 0.1) is 7.11 Å². The van der Waals surface area contributed by atoms with Gasteiger partial charge in [-0.2, -0.15) is 0 Å². The van der Waals surface area contributed by atoms with E-state index in [4.69, 9.17) is 15.2 Å². The van der Waals surface area contributed by atoms with E-state index in [1.54, 1.807) is 7.11 Å². The summed E-state index contributed by atoms with van der Waals surface area (Å²) in [5.74, 6) is 2.19. The molecule has 114 valence electrons. The Bertz CT molecular complexity index is 479. The second kappa shape index (κ2) is 6.06. The first kappa shape index (κ1) is 14.4. The third-order valence-corrected chi connectivity index (χ3v) is 4.56. The lowest BCUT2D eigenvalue weighted by atomic mass is 9.90. The summed E-state index contributed by atoms with van der Waals surface area (Å²) in [6, 6.07) is 7.07. The van der Waals surface area contributed by atoms with Crippen molar-refractivity contribution in [2.75, 3.05) is 7.11 Å². The zero-order valence-corrected chi connectivity index (χ0v) is 12.5. The Labute approximate surface area is 125 Å². The molecule has 0 saturated heterocycles. The van der Waals surface area contributed by atoms with Crippen LogP contribution >= 0.6 is 0 Å². The van der Waals surface area contributed by atoms with E-state index in [-0.39, 0.29) is 12.6 Å². The van der Waals surface area contributed by atoms with Gasteiger partial charge in [0.15, 0.2) is 0 Å². The van der Waals surface area contributed by atoms with Gasteiger partial charge in [-0.1, -0.05) is 12.1 Å². The van der Waals surface area contributed by atoms with Crippen molar-refractivity contribution in [1.29, 1.82) is 0 Å². The van der Waals surface area contributed by atoms with Crippen molar-refractivity contribution in [1.82, 2.24) is 0 Å². The van der Waals surface area contributed by atoms with Gasteiger partial charge >= 0.3 is 5.97 Å². The molecule has 0 aromatic heterocycles. The fourth-order valence-corrected chi connectivity index (χ4v) is 3.06. The molecule has 0 bridgehead atoms. The van der Waals surface area contributed by atoms with Crippen molar-refractivity contribution in [3.05, 3.63) is 29.8 Å². The first-order chi connectivity index (χ1) is 10.2. The number of carbonyl (C=O) groups is 1. The Morgan fingerprint density at radius 3 is 2.24 bits per heavy atom. The fourth-order valence-electron chi connectivity index (χ4n) is 3.06. The molecule has 2 N–H and O–H groups in total. The van der Waals surface area contributed by atoms with Crippen LogP contribution < -0.4 is 10.5 Å². The van der Waals surface area contributed by atoms with Gasteiger partial charge in [-0.05, 0) is 61.1 Å². The van der Waals surface area contributed by atoms with E-state index >= 15 is 0 Å². The zero-order chi connectivity index (χ0) is 14.8. The van der Waals surface area contributed by atoms with Gasteiger partial charge < -0.3 is 15.2 Å². The van der Waals surface area contributed by atoms with Gasteiger partial charge in [0.1, 0.15) is 18.4 Å². The van der Waals surface area contributed by atoms with E-state index in [0.29, 0.717) is 17.8 Å². The lowest BCUT2D eigenvalue weighted by Crippen LogP contribution is -2.41. The van der Waals surface area contributed by atoms with Gasteiger partial charge in [-0.3, -0.25) is 4.79 Å². The summed E-state index contributed by atoms with van der Waals surface area (Å²) < 4.78 is 10.5. The van der Waals surface area contributed by atoms with E-state index in [9.17, 15) is 4.79 Å². The van der Waals surface area contributed by atoms with Gasteiger partial charge in [-0.15, -0.1) is 0 Å². The van der Waals surface area contributed by atoms with Crippen molar-refractivity contribution in [2.24, 2.45) is 23.5 Å². The molecule has 1 atom stereocenters. The van der Waals surface area contributed by atoms with Crippen molar-refractivity contribution in [2.45, 2.75) is 38.3 Å². The molecule has 0 aliphatic heterocycles. The molecule has 2 aliphatic carbocycles. The molecule has 0 unspecified atom stereocenters. The summed E-state index contributed by atoms with van der Waals surface area (Å²) in [5, 5.41) is 0. The third-order valence-electron chi connectivity index (χ3n) is 4.56. The van der Waals surface area contributed by atoms with E-state index in [2.05, 4.69) is 0 Å². The Balaban J connectivity index is 1.52. The highest BCUT2D eigenvalue weighted by molar-refractivity contribution is 5.76. The highest BCUT2D eigenvalue weighted by atomic mass is 16.5. The molecule has 0 spiro atoms. The van der Waals surface area contributed by atoms with Gasteiger partial charge in [0.2, 0.25) is 0 Å². The van der Waals surface area contributed by atoms with Gasteiger partial charge in [0, 0.05) is 0 Å². The number of carbonyl (C=O) groups excluding carboxylic acids is 1. The first-order valence-corrected chi connectivity index (χ1v) is 7.74. The van der Waals surface area contributed by atoms with Crippen LogP contribution in [0.4, 0.5) is 0 Å². The molecule has 2 fully saturated rings. The third kappa shape index (κ3) is 3.56. The smallest absolute Gasteiger partial charge is 0.323 e. The van der Waals surface area contributed by atoms with Gasteiger partial charge in [0.25, 0.3) is 0 Å². The van der Waals surface area contributed by atoms with Crippen LogP contribution in [0.1, 0.15) is 31.2 Å². The molecular formula is C17H23NO3. The highest BCUT2D eigenvalue weighted by Gasteiger charge is 2.46. The summed E-state index contributed by atoms with van der Waals surface area (Å²) in [5.41, 5.74) is 7.11. The minimum atomic E-state index is -0.455. The Morgan fingerprint density at radius 1 is 1.19 bits per heavy atom. The Hall–Kier alpha value is -1.55. The molecular weight excluding hydrogens is 266 g/mol. The number of benzene rings is 1. The molecule has 21 heavy (non-hydrogen) atoms. The van der Waals surface area contributed by atoms with Crippen LogP contribution in [-0.2, 0) is 16.1 Å². The van der Waals surface area contributed by atoms with Gasteiger partial charge in [-0.25, -0.2) is 0 Å². The minimum Gasteiger partial charge on any atom is -0.497 e. The van der Waals surface area contributed by atoms with E-state index < -0.39 is 6.04 Å². The summed E-state index contributed by atoms with van der Waals surface area (Å²) in [6.45, 7) is 0.276. The number of nitrogens with two attached hydrogens (primary N) is 1. The van der Waals surface area contributed by atoms with Crippen LogP contribution in [0.15, 0.2) is 24.3 Å². The van der Waals surface area contributed by atoms with Crippen LogP contribution in [0.5, 0.6) is 5.75 Å². The van der Waals surface area contributed by atoms with Crippen LogP contribution in [0.25, 0.3) is 0 Å². The second-order valence-electron chi connectivity index (χ2n) is 6.23. The predicted octanol–water partition coefficient (Wildman–Crippen LogP) is 2.50. The highest BCUT2D eigenvalue weighted by Crippen LogP contribution is 2.50. The van der Waals surface area contributed by atoms with Crippen LogP contribution in [-0.4, -0.2) is 19.1 Å². The summed E-state index contributed by atoms with van der Waals surface area (Å²) in [6.07, 6.45) is 4.89. The van der Waals surface area contributed by atoms with E-state index in [0.717, 1.165) is 11.3 Å². The van der Waals surface area contributed by atoms with Crippen LogP contribution in [0.2, 0.25) is 0 Å². The number of hydrogen-bond donors (Lipinski definition) is 1. The van der Waals surface area contributed by atoms with Crippen molar-refractivity contribution in [3.8, 4) is 5.75 Å². The monoisotopic (exact) mass is 289 g/mol. The molecule has 1 aromatic carbocycles. The Kier molecular flexibility index (Phi) is 4.15. The molecule has 0 radical (unpaired) electrons. The quantitative estimate of drug-likeness (QED) is 0.783. The Morgan fingerprint density at radius 2 is 1.76 bits per heavy atom. The number of methoxy groups -OCH3 is 1. The minimum absolute atomic E-state index is 0.255. The molecule has 3 rings (SSSR count). The average molecular weight is 289 g/mol. The lowest BCUT2D eigenvalue weighted by Gasteiger charge is -2.22. The average Bonchev–Trinajstić information content (AvgIpc) is 3.39. The topological polar surface area (TPSA) is 61.5 Å². The lowest BCUT2D eigenvalue weighted by molar-refractivity contribution is -0.148. The standard InChI is InChI=1S/C17H23NO3/c1-20-14-8-2-11(3-9-14)10-21-17(19)16(18)15(12-4-5-12)13-6-7-13/h2-3,8-9,12-13,15-16H,4-7,10,18H2,1H3/t16-/m0/s1. The van der Waals surface area contributed by atoms with Crippen molar-refractivity contribution >= 4 is 5.97 Å². The molecule has 0 amide bonds. The summed E-state index contributed by atoms with van der Waals surface area (Å²) >= 11 is 0. The predicted molar refractivity (Wildman–Crippen MR) is 79.7 cm³/mol. The summed E-state index contributed by atoms with van der Waals surface area (Å²) in [7, 11) is 1.63. The molecule has 0 heterocycles. The zero-order valence-electron chi connectivity index (χ0n) is 12.5. The van der Waals surface area contributed by atoms with Crippen molar-refractivity contribution < 1.29 is 14.3 Å². The van der Waals surface area contributed by atoms with Crippen LogP contribution in [0, 0.1) is 17.8 Å². The maximum atomic E-state index is 12.2. The maximum absolute atomic E-state index is 12.2. The number of hydrogen-bond acceptors (Lipinski definition) is 4. The largest absolute Gasteiger partial charge is 0.497 e. The van der Waals surface area contributed by atoms with E-state index in [1.165, 1.54) is 25.7 Å². The summed E-state index contributed by atoms with van der Waals surface area (Å²) in [4.78, 5) is 12.2. The number of rotatable bonds is 7. The van der Waals surface area contributed by atoms with Crippen LogP contribution in [0.3, 0.4) is 0 Å². The maximum Gasteiger partial charge on any atom is 0.323 e. The number of esters is 1. The second-order valence-corrected chi connectivity index (χ2v) is 6.23. The molecule has 4 nitrogen and oxygen atoms in total. The van der Waals surface area contributed by atoms with Crippen molar-refractivity contribution in [3.63, 3.8) is 0 Å². The molecule has 2 aliphatic rings. The molecule has 4 heteroatoms. The number of ether oxygens (including phenoxy) is 2. The molecule has 2 saturated carbocycles. The first-order valence-electron chi connectivity index (χ1n) is 7.74. The molecule has 1 aromatic rings. The van der Waals surface area contributed by atoms with E-state index in [1.807, 2.05) is 24.3 Å². The normalized spacial score (nSPS) is 19.4. The fraction of sp³-hybridized carbons (Fsp3) is 0.588. The SMILES string of the molecule is COc1ccc(COC(=O)[C@@H](N)C(C2CC2)C2CC2)cc1.